The Hall–Kier alpha value is -5.37. The Bertz CT molecular complexity index is 1840. The fourth-order valence-corrected chi connectivity index (χ4v) is 4.65. The summed E-state index contributed by atoms with van der Waals surface area (Å²) in [6.45, 7) is 4.88. The molecule has 6 rings (SSSR count). The molecule has 0 amide bonds. The molecule has 1 atom stereocenters. The van der Waals surface area contributed by atoms with E-state index in [0.717, 1.165) is 51.9 Å². The van der Waals surface area contributed by atoms with Crippen LogP contribution in [0.2, 0.25) is 0 Å². The van der Waals surface area contributed by atoms with Crippen molar-refractivity contribution >= 4 is 11.3 Å². The minimum atomic E-state index is -0.411. The van der Waals surface area contributed by atoms with Gasteiger partial charge in [0.1, 0.15) is 11.9 Å². The number of halogens is 1. The highest BCUT2D eigenvalue weighted by Gasteiger charge is 2.17. The number of hydrogen-bond donors (Lipinski definition) is 0. The van der Waals surface area contributed by atoms with Gasteiger partial charge in [-0.05, 0) is 43.7 Å². The van der Waals surface area contributed by atoms with Gasteiger partial charge in [0, 0.05) is 60.6 Å². The van der Waals surface area contributed by atoms with Crippen molar-refractivity contribution in [3.63, 3.8) is 0 Å². The molecule has 10 nitrogen and oxygen atoms in total. The van der Waals surface area contributed by atoms with Gasteiger partial charge in [0.05, 0.1) is 41.9 Å². The van der Waals surface area contributed by atoms with Crippen LogP contribution in [-0.2, 0) is 6.54 Å². The van der Waals surface area contributed by atoms with Crippen LogP contribution in [0.4, 0.5) is 10.2 Å². The number of nitriles is 1. The Balaban J connectivity index is 1.30. The first-order valence-corrected chi connectivity index (χ1v) is 12.7. The van der Waals surface area contributed by atoms with Crippen molar-refractivity contribution in [2.24, 2.45) is 0 Å². The van der Waals surface area contributed by atoms with E-state index in [0.29, 0.717) is 11.4 Å². The fourth-order valence-electron chi connectivity index (χ4n) is 4.65. The van der Waals surface area contributed by atoms with Crippen LogP contribution >= 0.6 is 0 Å². The maximum Gasteiger partial charge on any atom is 0.161 e. The summed E-state index contributed by atoms with van der Waals surface area (Å²) in [5, 5.41) is 22.5. The molecule has 0 aliphatic carbocycles. The number of rotatable bonds is 7. The normalized spacial score (nSPS) is 12.0. The van der Waals surface area contributed by atoms with E-state index in [1.165, 1.54) is 10.9 Å². The first-order valence-electron chi connectivity index (χ1n) is 12.7. The van der Waals surface area contributed by atoms with E-state index >= 15 is 0 Å². The predicted molar refractivity (Wildman–Crippen MR) is 148 cm³/mol. The summed E-state index contributed by atoms with van der Waals surface area (Å²) in [5.74, 6) is 0.905. The Morgan fingerprint density at radius 1 is 0.925 bits per heavy atom. The standard InChI is InChI=1S/C29H25FN10/c1-4-38-16-24(14-34-38)22-9-26(29-23(10-31)13-35-40(29)17-22)21-6-7-27(32-12-21)37(3)19(2)20-5-8-28(33-11-20)39-18-25(30)15-36-39/h5-9,11-19H,4H2,1-3H3. The molecule has 40 heavy (non-hydrogen) atoms. The number of anilines is 1. The van der Waals surface area contributed by atoms with E-state index in [9.17, 15) is 9.65 Å². The summed E-state index contributed by atoms with van der Waals surface area (Å²) in [5.41, 5.74) is 5.84. The van der Waals surface area contributed by atoms with Crippen molar-refractivity contribution in [1.82, 2.24) is 39.1 Å². The molecule has 0 saturated heterocycles. The lowest BCUT2D eigenvalue weighted by Gasteiger charge is -2.26. The highest BCUT2D eigenvalue weighted by Crippen LogP contribution is 2.33. The minimum absolute atomic E-state index is 0.0283. The summed E-state index contributed by atoms with van der Waals surface area (Å²) in [6.07, 6.45) is 13.3. The molecular weight excluding hydrogens is 507 g/mol. The lowest BCUT2D eigenvalue weighted by Crippen LogP contribution is -2.22. The van der Waals surface area contributed by atoms with Crippen LogP contribution in [0, 0.1) is 17.1 Å². The summed E-state index contributed by atoms with van der Waals surface area (Å²) in [4.78, 5) is 11.3. The molecule has 6 aromatic rings. The van der Waals surface area contributed by atoms with Gasteiger partial charge in [-0.25, -0.2) is 23.6 Å². The monoisotopic (exact) mass is 532 g/mol. The zero-order chi connectivity index (χ0) is 27.8. The average molecular weight is 533 g/mol. The number of nitrogens with zero attached hydrogens (tertiary/aromatic N) is 10. The Morgan fingerprint density at radius 2 is 1.80 bits per heavy atom. The van der Waals surface area contributed by atoms with E-state index in [4.69, 9.17) is 4.98 Å². The van der Waals surface area contributed by atoms with Gasteiger partial charge < -0.3 is 4.90 Å². The first-order chi connectivity index (χ1) is 19.4. The summed E-state index contributed by atoms with van der Waals surface area (Å²) >= 11 is 0. The Labute approximate surface area is 229 Å². The topological polar surface area (TPSA) is 106 Å². The van der Waals surface area contributed by atoms with Crippen molar-refractivity contribution in [2.75, 3.05) is 11.9 Å². The maximum absolute atomic E-state index is 13.3. The van der Waals surface area contributed by atoms with Gasteiger partial charge >= 0.3 is 0 Å². The Morgan fingerprint density at radius 3 is 2.45 bits per heavy atom. The van der Waals surface area contributed by atoms with Crippen molar-refractivity contribution in [1.29, 1.82) is 5.26 Å². The third-order valence-electron chi connectivity index (χ3n) is 7.06. The molecule has 0 fully saturated rings. The largest absolute Gasteiger partial charge is 0.353 e. The molecule has 0 bridgehead atoms. The van der Waals surface area contributed by atoms with Crippen LogP contribution < -0.4 is 4.90 Å². The highest BCUT2D eigenvalue weighted by atomic mass is 19.1. The van der Waals surface area contributed by atoms with E-state index in [2.05, 4.69) is 44.2 Å². The summed E-state index contributed by atoms with van der Waals surface area (Å²) in [7, 11) is 1.97. The van der Waals surface area contributed by atoms with E-state index in [1.807, 2.05) is 67.7 Å². The van der Waals surface area contributed by atoms with Crippen LogP contribution in [-0.4, -0.2) is 46.2 Å². The molecule has 0 spiro atoms. The molecular formula is C29H25FN10. The van der Waals surface area contributed by atoms with E-state index in [1.54, 1.807) is 16.9 Å². The summed E-state index contributed by atoms with van der Waals surface area (Å²) in [6, 6.07) is 12.0. The number of aryl methyl sites for hydroxylation is 1. The lowest BCUT2D eigenvalue weighted by atomic mass is 10.0. The SMILES string of the molecule is CCn1cc(-c2cc(-c3ccc(N(C)C(C)c4ccc(-n5cc(F)cn5)nc4)nc3)c3c(C#N)cnn3c2)cn1. The van der Waals surface area contributed by atoms with Gasteiger partial charge in [-0.2, -0.15) is 20.6 Å². The number of pyridine rings is 3. The minimum Gasteiger partial charge on any atom is -0.353 e. The molecule has 6 aromatic heterocycles. The maximum atomic E-state index is 13.3. The quantitative estimate of drug-likeness (QED) is 0.283. The first kappa shape index (κ1) is 24.9. The predicted octanol–water partition coefficient (Wildman–Crippen LogP) is 5.07. The molecule has 0 aliphatic heterocycles. The van der Waals surface area contributed by atoms with Crippen LogP contribution in [0.1, 0.15) is 31.0 Å². The highest BCUT2D eigenvalue weighted by molar-refractivity contribution is 5.87. The average Bonchev–Trinajstić information content (AvgIpc) is 3.75. The van der Waals surface area contributed by atoms with Crippen LogP contribution in [0.5, 0.6) is 0 Å². The smallest absolute Gasteiger partial charge is 0.161 e. The lowest BCUT2D eigenvalue weighted by molar-refractivity contribution is 0.627. The number of fused-ring (bicyclic) bond motifs is 1. The third-order valence-corrected chi connectivity index (χ3v) is 7.06. The van der Waals surface area contributed by atoms with Crippen LogP contribution in [0.3, 0.4) is 0 Å². The molecule has 0 aliphatic rings. The molecule has 0 N–H and O–H groups in total. The van der Waals surface area contributed by atoms with Crippen molar-refractivity contribution in [2.45, 2.75) is 26.4 Å². The van der Waals surface area contributed by atoms with E-state index < -0.39 is 5.82 Å². The third kappa shape index (κ3) is 4.45. The Kier molecular flexibility index (Phi) is 6.28. The van der Waals surface area contributed by atoms with Gasteiger partial charge in [-0.3, -0.25) is 4.68 Å². The van der Waals surface area contributed by atoms with Crippen molar-refractivity contribution in [3.8, 4) is 34.1 Å². The van der Waals surface area contributed by atoms with Crippen molar-refractivity contribution < 1.29 is 4.39 Å². The molecule has 198 valence electrons. The molecule has 0 aromatic carbocycles. The van der Waals surface area contributed by atoms with Crippen LogP contribution in [0.25, 0.3) is 33.6 Å². The van der Waals surface area contributed by atoms with Crippen molar-refractivity contribution in [3.05, 3.63) is 96.9 Å². The van der Waals surface area contributed by atoms with Gasteiger partial charge in [0.25, 0.3) is 0 Å². The zero-order valence-corrected chi connectivity index (χ0v) is 22.1. The second-order valence-corrected chi connectivity index (χ2v) is 9.44. The van der Waals surface area contributed by atoms with Gasteiger partial charge in [0.2, 0.25) is 0 Å². The number of hydrogen-bond acceptors (Lipinski definition) is 7. The molecule has 6 heterocycles. The van der Waals surface area contributed by atoms with Gasteiger partial charge in [-0.15, -0.1) is 0 Å². The fraction of sp³-hybridized carbons (Fsp3) is 0.172. The molecule has 0 radical (unpaired) electrons. The van der Waals surface area contributed by atoms with E-state index in [-0.39, 0.29) is 6.04 Å². The second kappa shape index (κ2) is 10.1. The number of aromatic nitrogens is 8. The molecule has 1 unspecified atom stereocenters. The zero-order valence-electron chi connectivity index (χ0n) is 22.1. The molecule has 11 heteroatoms. The van der Waals surface area contributed by atoms with Gasteiger partial charge in [0.15, 0.2) is 11.6 Å². The second-order valence-electron chi connectivity index (χ2n) is 9.44. The molecule has 0 saturated carbocycles. The van der Waals surface area contributed by atoms with Crippen LogP contribution in [0.15, 0.2) is 79.9 Å². The van der Waals surface area contributed by atoms with Gasteiger partial charge in [-0.1, -0.05) is 6.07 Å². The summed E-state index contributed by atoms with van der Waals surface area (Å²) < 4.78 is 18.3.